The van der Waals surface area contributed by atoms with Gasteiger partial charge >= 0.3 is 5.97 Å². The maximum Gasteiger partial charge on any atom is 0.349 e. The SMILES string of the molecule is COC(=O)c1cnc(C2CCNC2)s1. The van der Waals surface area contributed by atoms with Crippen LogP contribution in [-0.4, -0.2) is 31.2 Å². The third kappa shape index (κ3) is 1.78. The molecular formula is C9H12N2O2S. The third-order valence-corrected chi connectivity index (χ3v) is 3.46. The van der Waals surface area contributed by atoms with Crippen molar-refractivity contribution >= 4 is 17.3 Å². The molecule has 1 unspecified atom stereocenters. The second kappa shape index (κ2) is 4.06. The largest absolute Gasteiger partial charge is 0.465 e. The average molecular weight is 212 g/mol. The van der Waals surface area contributed by atoms with Crippen molar-refractivity contribution in [2.45, 2.75) is 12.3 Å². The van der Waals surface area contributed by atoms with Crippen molar-refractivity contribution in [3.63, 3.8) is 0 Å². The minimum Gasteiger partial charge on any atom is -0.465 e. The van der Waals surface area contributed by atoms with E-state index in [1.807, 2.05) is 0 Å². The van der Waals surface area contributed by atoms with E-state index < -0.39 is 0 Å². The number of esters is 1. The van der Waals surface area contributed by atoms with Crippen LogP contribution in [0, 0.1) is 0 Å². The monoisotopic (exact) mass is 212 g/mol. The number of hydrogen-bond acceptors (Lipinski definition) is 5. The highest BCUT2D eigenvalue weighted by Gasteiger charge is 2.21. The lowest BCUT2D eigenvalue weighted by molar-refractivity contribution is 0.0606. The quantitative estimate of drug-likeness (QED) is 0.743. The van der Waals surface area contributed by atoms with Crippen molar-refractivity contribution in [2.75, 3.05) is 20.2 Å². The van der Waals surface area contributed by atoms with Gasteiger partial charge in [-0.2, -0.15) is 0 Å². The van der Waals surface area contributed by atoms with Gasteiger partial charge in [0.2, 0.25) is 0 Å². The Labute approximate surface area is 86.3 Å². The highest BCUT2D eigenvalue weighted by Crippen LogP contribution is 2.26. The molecule has 0 bridgehead atoms. The number of carbonyl (C=O) groups excluding carboxylic acids is 1. The van der Waals surface area contributed by atoms with Gasteiger partial charge in [-0.15, -0.1) is 11.3 Å². The van der Waals surface area contributed by atoms with E-state index in [1.165, 1.54) is 18.4 Å². The lowest BCUT2D eigenvalue weighted by Crippen LogP contribution is -2.07. The number of nitrogens with one attached hydrogen (secondary N) is 1. The van der Waals surface area contributed by atoms with Gasteiger partial charge in [-0.05, 0) is 13.0 Å². The van der Waals surface area contributed by atoms with Gasteiger partial charge in [0.15, 0.2) is 0 Å². The van der Waals surface area contributed by atoms with Crippen LogP contribution in [0.1, 0.15) is 27.0 Å². The zero-order valence-electron chi connectivity index (χ0n) is 7.95. The summed E-state index contributed by atoms with van der Waals surface area (Å²) >= 11 is 1.44. The van der Waals surface area contributed by atoms with Gasteiger partial charge in [-0.25, -0.2) is 9.78 Å². The highest BCUT2D eigenvalue weighted by molar-refractivity contribution is 7.13. The maximum atomic E-state index is 11.2. The lowest BCUT2D eigenvalue weighted by atomic mass is 10.1. The molecule has 4 nitrogen and oxygen atoms in total. The fourth-order valence-electron chi connectivity index (χ4n) is 1.54. The molecule has 0 aromatic carbocycles. The zero-order valence-corrected chi connectivity index (χ0v) is 8.76. The van der Waals surface area contributed by atoms with Crippen LogP contribution >= 0.6 is 11.3 Å². The number of nitrogens with zero attached hydrogens (tertiary/aromatic N) is 1. The molecule has 1 aliphatic rings. The smallest absolute Gasteiger partial charge is 0.349 e. The van der Waals surface area contributed by atoms with E-state index >= 15 is 0 Å². The Hall–Kier alpha value is -0.940. The Balaban J connectivity index is 2.12. The molecule has 1 aromatic rings. The van der Waals surface area contributed by atoms with Crippen LogP contribution in [-0.2, 0) is 4.74 Å². The van der Waals surface area contributed by atoms with E-state index in [0.29, 0.717) is 10.8 Å². The van der Waals surface area contributed by atoms with Crippen LogP contribution in [0.15, 0.2) is 6.20 Å². The fraction of sp³-hybridized carbons (Fsp3) is 0.556. The first-order chi connectivity index (χ1) is 6.81. The molecule has 1 atom stereocenters. The van der Waals surface area contributed by atoms with E-state index in [4.69, 9.17) is 0 Å². The average Bonchev–Trinajstić information content (AvgIpc) is 2.86. The molecule has 0 amide bonds. The van der Waals surface area contributed by atoms with Gasteiger partial charge in [0.05, 0.1) is 18.3 Å². The molecule has 1 aromatic heterocycles. The van der Waals surface area contributed by atoms with Gasteiger partial charge in [0, 0.05) is 12.5 Å². The molecule has 0 saturated carbocycles. The fourth-order valence-corrected chi connectivity index (χ4v) is 2.51. The van der Waals surface area contributed by atoms with Crippen LogP contribution in [0.3, 0.4) is 0 Å². The minimum absolute atomic E-state index is 0.292. The summed E-state index contributed by atoms with van der Waals surface area (Å²) in [5.41, 5.74) is 0. The van der Waals surface area contributed by atoms with E-state index in [1.54, 1.807) is 6.20 Å². The number of hydrogen-bond donors (Lipinski definition) is 1. The Morgan fingerprint density at radius 3 is 3.29 bits per heavy atom. The maximum absolute atomic E-state index is 11.2. The van der Waals surface area contributed by atoms with E-state index in [-0.39, 0.29) is 5.97 Å². The van der Waals surface area contributed by atoms with Crippen LogP contribution in [0.4, 0.5) is 0 Å². The predicted molar refractivity (Wildman–Crippen MR) is 53.7 cm³/mol. The van der Waals surface area contributed by atoms with Crippen molar-refractivity contribution in [3.8, 4) is 0 Å². The molecule has 1 saturated heterocycles. The van der Waals surface area contributed by atoms with Gasteiger partial charge in [0.25, 0.3) is 0 Å². The van der Waals surface area contributed by atoms with Gasteiger partial charge in [-0.1, -0.05) is 0 Å². The summed E-state index contributed by atoms with van der Waals surface area (Å²) < 4.78 is 4.63. The summed E-state index contributed by atoms with van der Waals surface area (Å²) in [6, 6.07) is 0. The first-order valence-corrected chi connectivity index (χ1v) is 5.37. The minimum atomic E-state index is -0.292. The van der Waals surface area contributed by atoms with E-state index in [2.05, 4.69) is 15.0 Å². The Bertz CT molecular complexity index is 331. The third-order valence-electron chi connectivity index (χ3n) is 2.32. The first-order valence-electron chi connectivity index (χ1n) is 4.56. The van der Waals surface area contributed by atoms with Crippen molar-refractivity contribution in [1.29, 1.82) is 0 Å². The molecule has 5 heteroatoms. The topological polar surface area (TPSA) is 51.2 Å². The van der Waals surface area contributed by atoms with Crippen molar-refractivity contribution in [1.82, 2.24) is 10.3 Å². The number of aromatic nitrogens is 1. The van der Waals surface area contributed by atoms with Gasteiger partial charge in [0.1, 0.15) is 4.88 Å². The molecule has 0 aliphatic carbocycles. The van der Waals surface area contributed by atoms with Crippen LogP contribution in [0.25, 0.3) is 0 Å². The zero-order chi connectivity index (χ0) is 9.97. The van der Waals surface area contributed by atoms with Gasteiger partial charge in [-0.3, -0.25) is 0 Å². The number of ether oxygens (including phenoxy) is 1. The summed E-state index contributed by atoms with van der Waals surface area (Å²) in [4.78, 5) is 16.0. The molecule has 14 heavy (non-hydrogen) atoms. The first kappa shape index (κ1) is 9.61. The summed E-state index contributed by atoms with van der Waals surface area (Å²) in [6.45, 7) is 2.01. The molecular weight excluding hydrogens is 200 g/mol. The molecule has 2 heterocycles. The number of rotatable bonds is 2. The summed E-state index contributed by atoms with van der Waals surface area (Å²) in [5.74, 6) is 0.179. The van der Waals surface area contributed by atoms with E-state index in [0.717, 1.165) is 24.5 Å². The molecule has 1 N–H and O–H groups in total. The van der Waals surface area contributed by atoms with E-state index in [9.17, 15) is 4.79 Å². The van der Waals surface area contributed by atoms with Crippen molar-refractivity contribution < 1.29 is 9.53 Å². The van der Waals surface area contributed by atoms with Crippen LogP contribution < -0.4 is 5.32 Å². The Morgan fingerprint density at radius 1 is 1.79 bits per heavy atom. The lowest BCUT2D eigenvalue weighted by Gasteiger charge is -2.01. The predicted octanol–water partition coefficient (Wildman–Crippen LogP) is 1.01. The normalized spacial score (nSPS) is 21.1. The standard InChI is InChI=1S/C9H12N2O2S/c1-13-9(12)7-5-11-8(14-7)6-2-3-10-4-6/h5-6,10H,2-4H2,1H3. The Morgan fingerprint density at radius 2 is 2.64 bits per heavy atom. The molecule has 0 spiro atoms. The number of carbonyl (C=O) groups is 1. The molecule has 0 radical (unpaired) electrons. The van der Waals surface area contributed by atoms with Crippen molar-refractivity contribution in [2.24, 2.45) is 0 Å². The highest BCUT2D eigenvalue weighted by atomic mass is 32.1. The number of methoxy groups -OCH3 is 1. The van der Waals surface area contributed by atoms with Crippen LogP contribution in [0.5, 0.6) is 0 Å². The molecule has 2 rings (SSSR count). The molecule has 76 valence electrons. The second-order valence-electron chi connectivity index (χ2n) is 3.24. The Kier molecular flexibility index (Phi) is 2.79. The van der Waals surface area contributed by atoms with Crippen LogP contribution in [0.2, 0.25) is 0 Å². The van der Waals surface area contributed by atoms with Gasteiger partial charge < -0.3 is 10.1 Å². The summed E-state index contributed by atoms with van der Waals surface area (Å²) in [6.07, 6.45) is 2.71. The second-order valence-corrected chi connectivity index (χ2v) is 4.31. The molecule has 1 fully saturated rings. The van der Waals surface area contributed by atoms with Crippen molar-refractivity contribution in [3.05, 3.63) is 16.1 Å². The number of thiazole rings is 1. The summed E-state index contributed by atoms with van der Waals surface area (Å²) in [5, 5.41) is 4.31. The molecule has 1 aliphatic heterocycles. The summed E-state index contributed by atoms with van der Waals surface area (Å²) in [7, 11) is 1.39.